The van der Waals surface area contributed by atoms with Crippen LogP contribution in [0.2, 0.25) is 0 Å². The first kappa shape index (κ1) is 14.7. The number of aryl methyl sites for hydroxylation is 1. The number of piperazine rings is 1. The van der Waals surface area contributed by atoms with Gasteiger partial charge in [-0.05, 0) is 37.6 Å². The first-order chi connectivity index (χ1) is 9.61. The van der Waals surface area contributed by atoms with Crippen molar-refractivity contribution in [3.8, 4) is 5.75 Å². The number of nitrogens with zero attached hydrogens (tertiary/aromatic N) is 1. The van der Waals surface area contributed by atoms with Crippen molar-refractivity contribution in [2.75, 3.05) is 38.2 Å². The normalized spacial score (nSPS) is 16.6. The number of nitrogens with one attached hydrogen (secondary N) is 1. The molecule has 1 aromatic rings. The summed E-state index contributed by atoms with van der Waals surface area (Å²) in [5.74, 6) is 0.359. The summed E-state index contributed by atoms with van der Waals surface area (Å²) < 4.78 is 10.3. The highest BCUT2D eigenvalue weighted by atomic mass is 16.6. The van der Waals surface area contributed by atoms with E-state index in [1.165, 1.54) is 12.8 Å². The van der Waals surface area contributed by atoms with Gasteiger partial charge in [0.05, 0.1) is 7.11 Å². The van der Waals surface area contributed by atoms with Crippen molar-refractivity contribution in [1.82, 2.24) is 5.32 Å². The van der Waals surface area contributed by atoms with Gasteiger partial charge in [-0.3, -0.25) is 0 Å². The van der Waals surface area contributed by atoms with Crippen LogP contribution in [0.5, 0.6) is 5.75 Å². The fraction of sp³-hybridized carbons (Fsp3) is 0.533. The predicted molar refractivity (Wildman–Crippen MR) is 78.4 cm³/mol. The molecule has 0 aliphatic carbocycles. The number of methoxy groups -OCH3 is 1. The Bertz CT molecular complexity index is 470. The second kappa shape index (κ2) is 6.61. The Morgan fingerprint density at radius 2 is 2.05 bits per heavy atom. The van der Waals surface area contributed by atoms with Crippen LogP contribution in [-0.4, -0.2) is 45.4 Å². The number of benzene rings is 1. The molecular formula is C15H22N2O3. The number of hydrogen-bond donors (Lipinski definition) is 1. The largest absolute Gasteiger partial charge is 0.479 e. The van der Waals surface area contributed by atoms with Crippen LogP contribution in [0, 0.1) is 6.92 Å². The molecule has 1 saturated heterocycles. The van der Waals surface area contributed by atoms with Gasteiger partial charge in [-0.15, -0.1) is 0 Å². The predicted octanol–water partition coefficient (Wildman–Crippen LogP) is 1.34. The van der Waals surface area contributed by atoms with E-state index in [0.29, 0.717) is 0 Å². The van der Waals surface area contributed by atoms with Crippen LogP contribution in [0.25, 0.3) is 0 Å². The summed E-state index contributed by atoms with van der Waals surface area (Å²) in [5, 5.41) is 3.34. The summed E-state index contributed by atoms with van der Waals surface area (Å²) in [4.78, 5) is 13.7. The summed E-state index contributed by atoms with van der Waals surface area (Å²) in [6.45, 7) is 7.73. The Labute approximate surface area is 119 Å². The van der Waals surface area contributed by atoms with Crippen LogP contribution < -0.4 is 15.0 Å². The van der Waals surface area contributed by atoms with Gasteiger partial charge in [0.15, 0.2) is 6.10 Å². The van der Waals surface area contributed by atoms with Crippen LogP contribution in [0.15, 0.2) is 18.2 Å². The molecule has 0 aromatic heterocycles. The molecule has 1 unspecified atom stereocenters. The van der Waals surface area contributed by atoms with Gasteiger partial charge in [-0.25, -0.2) is 4.79 Å². The molecule has 5 heteroatoms. The molecule has 1 heterocycles. The van der Waals surface area contributed by atoms with Gasteiger partial charge in [0, 0.05) is 31.9 Å². The number of anilines is 1. The summed E-state index contributed by atoms with van der Waals surface area (Å²) >= 11 is 0. The van der Waals surface area contributed by atoms with Crippen molar-refractivity contribution in [2.45, 2.75) is 20.0 Å². The number of carbonyl (C=O) groups excluding carboxylic acids is 1. The maximum atomic E-state index is 11.4. The first-order valence-corrected chi connectivity index (χ1v) is 6.92. The summed E-state index contributed by atoms with van der Waals surface area (Å²) in [7, 11) is 1.36. The van der Waals surface area contributed by atoms with Gasteiger partial charge in [0.1, 0.15) is 5.75 Å². The lowest BCUT2D eigenvalue weighted by molar-refractivity contribution is -0.147. The molecule has 1 N–H and O–H groups in total. The summed E-state index contributed by atoms with van der Waals surface area (Å²) in [6, 6.07) is 6.06. The molecule has 5 nitrogen and oxygen atoms in total. The molecule has 0 spiro atoms. The van der Waals surface area contributed by atoms with E-state index in [1.807, 2.05) is 19.1 Å². The number of ether oxygens (including phenoxy) is 2. The molecular weight excluding hydrogens is 256 g/mol. The Hall–Kier alpha value is -1.75. The molecule has 1 aromatic carbocycles. The molecule has 0 amide bonds. The van der Waals surface area contributed by atoms with E-state index in [4.69, 9.17) is 4.74 Å². The second-order valence-corrected chi connectivity index (χ2v) is 4.97. The topological polar surface area (TPSA) is 50.8 Å². The zero-order valence-corrected chi connectivity index (χ0v) is 12.3. The molecule has 1 fully saturated rings. The van der Waals surface area contributed by atoms with E-state index in [-0.39, 0.29) is 5.97 Å². The fourth-order valence-electron chi connectivity index (χ4n) is 2.29. The number of esters is 1. The van der Waals surface area contributed by atoms with Gasteiger partial charge in [-0.2, -0.15) is 0 Å². The van der Waals surface area contributed by atoms with Gasteiger partial charge < -0.3 is 19.7 Å². The van der Waals surface area contributed by atoms with Crippen molar-refractivity contribution in [2.24, 2.45) is 0 Å². The van der Waals surface area contributed by atoms with E-state index in [1.54, 1.807) is 6.92 Å². The zero-order chi connectivity index (χ0) is 14.5. The van der Waals surface area contributed by atoms with Crippen LogP contribution in [-0.2, 0) is 9.53 Å². The second-order valence-electron chi connectivity index (χ2n) is 4.97. The molecule has 0 saturated carbocycles. The minimum Gasteiger partial charge on any atom is -0.479 e. The zero-order valence-electron chi connectivity index (χ0n) is 12.3. The fourth-order valence-corrected chi connectivity index (χ4v) is 2.29. The van der Waals surface area contributed by atoms with Crippen molar-refractivity contribution in [3.63, 3.8) is 0 Å². The van der Waals surface area contributed by atoms with Gasteiger partial charge in [0.2, 0.25) is 0 Å². The van der Waals surface area contributed by atoms with Crippen molar-refractivity contribution >= 4 is 11.7 Å². The highest BCUT2D eigenvalue weighted by Crippen LogP contribution is 2.25. The van der Waals surface area contributed by atoms with E-state index in [2.05, 4.69) is 21.0 Å². The monoisotopic (exact) mass is 278 g/mol. The van der Waals surface area contributed by atoms with Crippen LogP contribution in [0.3, 0.4) is 0 Å². The SMILES string of the molecule is COC(=O)C(C)Oc1ccc(N2CCNCC2)cc1C. The lowest BCUT2D eigenvalue weighted by Gasteiger charge is -2.30. The maximum absolute atomic E-state index is 11.4. The van der Waals surface area contributed by atoms with E-state index in [9.17, 15) is 4.79 Å². The van der Waals surface area contributed by atoms with Crippen molar-refractivity contribution < 1.29 is 14.3 Å². The third-order valence-corrected chi connectivity index (χ3v) is 3.48. The number of rotatable bonds is 4. The molecule has 20 heavy (non-hydrogen) atoms. The first-order valence-electron chi connectivity index (χ1n) is 6.92. The average Bonchev–Trinajstić information content (AvgIpc) is 2.49. The highest BCUT2D eigenvalue weighted by molar-refractivity contribution is 5.74. The maximum Gasteiger partial charge on any atom is 0.346 e. The average molecular weight is 278 g/mol. The lowest BCUT2D eigenvalue weighted by atomic mass is 10.1. The van der Waals surface area contributed by atoms with Gasteiger partial charge >= 0.3 is 5.97 Å². The Balaban J connectivity index is 2.07. The number of hydrogen-bond acceptors (Lipinski definition) is 5. The minimum absolute atomic E-state index is 0.365. The summed E-state index contributed by atoms with van der Waals surface area (Å²) in [6.07, 6.45) is -0.594. The quantitative estimate of drug-likeness (QED) is 0.842. The molecule has 1 aliphatic rings. The third-order valence-electron chi connectivity index (χ3n) is 3.48. The van der Waals surface area contributed by atoms with Crippen molar-refractivity contribution in [3.05, 3.63) is 23.8 Å². The Morgan fingerprint density at radius 3 is 2.65 bits per heavy atom. The van der Waals surface area contributed by atoms with Crippen LogP contribution >= 0.6 is 0 Å². The number of carbonyl (C=O) groups is 1. The molecule has 2 rings (SSSR count). The molecule has 0 bridgehead atoms. The summed E-state index contributed by atoms with van der Waals surface area (Å²) in [5.41, 5.74) is 2.22. The molecule has 110 valence electrons. The van der Waals surface area contributed by atoms with E-state index >= 15 is 0 Å². The Kier molecular flexibility index (Phi) is 4.84. The van der Waals surface area contributed by atoms with Crippen LogP contribution in [0.4, 0.5) is 5.69 Å². The lowest BCUT2D eigenvalue weighted by Crippen LogP contribution is -2.43. The van der Waals surface area contributed by atoms with Gasteiger partial charge in [-0.1, -0.05) is 0 Å². The van der Waals surface area contributed by atoms with Gasteiger partial charge in [0.25, 0.3) is 0 Å². The van der Waals surface area contributed by atoms with Crippen LogP contribution in [0.1, 0.15) is 12.5 Å². The molecule has 1 atom stereocenters. The minimum atomic E-state index is -0.594. The third kappa shape index (κ3) is 3.42. The highest BCUT2D eigenvalue weighted by Gasteiger charge is 2.17. The standard InChI is InChI=1S/C15H22N2O3/c1-11-10-13(17-8-6-16-7-9-17)4-5-14(11)20-12(2)15(18)19-3/h4-5,10,12,16H,6-9H2,1-3H3. The Morgan fingerprint density at radius 1 is 1.35 bits per heavy atom. The van der Waals surface area contributed by atoms with E-state index in [0.717, 1.165) is 37.5 Å². The molecule has 1 aliphatic heterocycles. The van der Waals surface area contributed by atoms with Crippen molar-refractivity contribution in [1.29, 1.82) is 0 Å². The molecule has 0 radical (unpaired) electrons. The van der Waals surface area contributed by atoms with E-state index < -0.39 is 6.10 Å². The smallest absolute Gasteiger partial charge is 0.346 e.